The first-order chi connectivity index (χ1) is 15.5. The number of nitrogens with one attached hydrogen (secondary N) is 1. The highest BCUT2D eigenvalue weighted by atomic mass is 16.5. The Morgan fingerprint density at radius 2 is 2.19 bits per heavy atom. The summed E-state index contributed by atoms with van der Waals surface area (Å²) in [5, 5.41) is 23.5. The molecule has 1 aromatic rings. The molecule has 2 bridgehead atoms. The number of hydrogen-bond donors (Lipinski definition) is 3. The van der Waals surface area contributed by atoms with E-state index in [-0.39, 0.29) is 29.7 Å². The van der Waals surface area contributed by atoms with Gasteiger partial charge in [0.05, 0.1) is 7.11 Å². The molecule has 7 heteroatoms. The number of aromatic hydroxyl groups is 1. The smallest absolute Gasteiger partial charge is 0.303 e. The number of ether oxygens (including phenoxy) is 2. The second-order valence-corrected chi connectivity index (χ2v) is 10.6. The zero-order chi connectivity index (χ0) is 22.0. The van der Waals surface area contributed by atoms with Crippen molar-refractivity contribution in [1.29, 1.82) is 0 Å². The largest absolute Gasteiger partial charge is 0.504 e. The summed E-state index contributed by atoms with van der Waals surface area (Å²) in [7, 11) is 1.69. The first-order valence-corrected chi connectivity index (χ1v) is 12.3. The molecule has 0 aromatic heterocycles. The first kappa shape index (κ1) is 20.6. The average molecular weight is 443 g/mol. The lowest BCUT2D eigenvalue weighted by atomic mass is 9.51. The molecule has 1 saturated heterocycles. The number of benzene rings is 1. The standard InChI is InChI=1S/C25H34N2O5/c1-31-20-12-19(28)23-22-15(20)11-18-16-6-7-17(26-9-2-3-21(29)30)24(32-23)25(16,22)8-10-27(18)13-14-4-5-14/h12,14,16-18,24,26,28H,2-11,13H2,1H3,(H,29,30)/t16-,17-,18+,24-,25-/m0/s1. The Balaban J connectivity index is 1.37. The third-order valence-electron chi connectivity index (χ3n) is 8.90. The molecule has 6 rings (SSSR count). The van der Waals surface area contributed by atoms with Crippen LogP contribution >= 0.6 is 0 Å². The summed E-state index contributed by atoms with van der Waals surface area (Å²) in [5.74, 6) is 2.29. The number of methoxy groups -OCH3 is 1. The minimum atomic E-state index is -0.751. The van der Waals surface area contributed by atoms with Gasteiger partial charge in [-0.15, -0.1) is 0 Å². The van der Waals surface area contributed by atoms with E-state index in [9.17, 15) is 9.90 Å². The van der Waals surface area contributed by atoms with E-state index in [2.05, 4.69) is 10.2 Å². The van der Waals surface area contributed by atoms with Crippen molar-refractivity contribution in [3.63, 3.8) is 0 Å². The van der Waals surface area contributed by atoms with Crippen LogP contribution < -0.4 is 14.8 Å². The van der Waals surface area contributed by atoms with Gasteiger partial charge in [0.15, 0.2) is 11.5 Å². The summed E-state index contributed by atoms with van der Waals surface area (Å²) in [6, 6.07) is 2.40. The number of carbonyl (C=O) groups is 1. The van der Waals surface area contributed by atoms with Gasteiger partial charge in [0.25, 0.3) is 0 Å². The highest BCUT2D eigenvalue weighted by molar-refractivity contribution is 5.66. The van der Waals surface area contributed by atoms with Crippen molar-refractivity contribution in [2.45, 2.75) is 75.0 Å². The SMILES string of the molecule is COc1cc(O)c2c3c1C[C@@H]1[C@@H]4CC[C@H](NCCCC(=O)O)[C@H](O2)[C@]34CCN1CC1CC1. The molecule has 3 aliphatic carbocycles. The summed E-state index contributed by atoms with van der Waals surface area (Å²) in [6.07, 6.45) is 7.69. The van der Waals surface area contributed by atoms with E-state index in [4.69, 9.17) is 14.6 Å². The number of phenols is 1. The van der Waals surface area contributed by atoms with E-state index >= 15 is 0 Å². The summed E-state index contributed by atoms with van der Waals surface area (Å²) >= 11 is 0. The van der Waals surface area contributed by atoms with Crippen LogP contribution in [0.2, 0.25) is 0 Å². The van der Waals surface area contributed by atoms with E-state index < -0.39 is 5.97 Å². The van der Waals surface area contributed by atoms with E-state index in [1.54, 1.807) is 13.2 Å². The predicted molar refractivity (Wildman–Crippen MR) is 119 cm³/mol. The van der Waals surface area contributed by atoms with E-state index in [1.165, 1.54) is 30.5 Å². The number of phenolic OH excluding ortho intramolecular Hbond substituents is 1. The fraction of sp³-hybridized carbons (Fsp3) is 0.720. The Morgan fingerprint density at radius 3 is 2.94 bits per heavy atom. The normalized spacial score (nSPS) is 34.7. The van der Waals surface area contributed by atoms with Crippen molar-refractivity contribution in [2.75, 3.05) is 26.7 Å². The van der Waals surface area contributed by atoms with Crippen LogP contribution in [-0.2, 0) is 16.6 Å². The Kier molecular flexibility index (Phi) is 4.84. The molecule has 2 heterocycles. The van der Waals surface area contributed by atoms with Gasteiger partial charge in [-0.25, -0.2) is 0 Å². The minimum absolute atomic E-state index is 0.0243. The summed E-state index contributed by atoms with van der Waals surface area (Å²) in [5.41, 5.74) is 2.35. The predicted octanol–water partition coefficient (Wildman–Crippen LogP) is 2.67. The number of nitrogens with zero attached hydrogens (tertiary/aromatic N) is 1. The summed E-state index contributed by atoms with van der Waals surface area (Å²) in [4.78, 5) is 13.7. The average Bonchev–Trinajstić information content (AvgIpc) is 3.52. The lowest BCUT2D eigenvalue weighted by molar-refractivity contribution is -0.137. The van der Waals surface area contributed by atoms with Gasteiger partial charge in [-0.1, -0.05) is 0 Å². The van der Waals surface area contributed by atoms with Crippen molar-refractivity contribution >= 4 is 5.97 Å². The Labute approximate surface area is 189 Å². The molecular weight excluding hydrogens is 408 g/mol. The highest BCUT2D eigenvalue weighted by Crippen LogP contribution is 2.65. The lowest BCUT2D eigenvalue weighted by Gasteiger charge is -2.59. The van der Waals surface area contributed by atoms with E-state index in [1.807, 2.05) is 0 Å². The first-order valence-electron chi connectivity index (χ1n) is 12.3. The molecule has 174 valence electrons. The number of aliphatic carboxylic acids is 1. The molecule has 1 spiro atoms. The number of carboxylic acid groups (broad SMARTS) is 1. The molecule has 7 nitrogen and oxygen atoms in total. The third kappa shape index (κ3) is 2.97. The van der Waals surface area contributed by atoms with Gasteiger partial charge in [-0.3, -0.25) is 9.69 Å². The number of hydrogen-bond acceptors (Lipinski definition) is 6. The van der Waals surface area contributed by atoms with E-state index in [0.717, 1.165) is 43.9 Å². The van der Waals surface area contributed by atoms with E-state index in [0.29, 0.717) is 30.7 Å². The van der Waals surface area contributed by atoms with Crippen LogP contribution in [0.15, 0.2) is 6.07 Å². The fourth-order valence-electron chi connectivity index (χ4n) is 7.45. The quantitative estimate of drug-likeness (QED) is 0.533. The Hall–Kier alpha value is -1.99. The van der Waals surface area contributed by atoms with Crippen LogP contribution in [0.25, 0.3) is 0 Å². The topological polar surface area (TPSA) is 91.3 Å². The van der Waals surface area contributed by atoms with Crippen molar-refractivity contribution in [3.8, 4) is 17.2 Å². The van der Waals surface area contributed by atoms with Gasteiger partial charge >= 0.3 is 5.97 Å². The van der Waals surface area contributed by atoms with Gasteiger partial charge < -0.3 is 25.0 Å². The van der Waals surface area contributed by atoms with Crippen LogP contribution in [0.3, 0.4) is 0 Å². The summed E-state index contributed by atoms with van der Waals surface area (Å²) in [6.45, 7) is 2.97. The maximum Gasteiger partial charge on any atom is 0.303 e. The van der Waals surface area contributed by atoms with Crippen LogP contribution in [-0.4, -0.2) is 66.0 Å². The third-order valence-corrected chi connectivity index (χ3v) is 8.90. The molecule has 1 aromatic carbocycles. The number of likely N-dealkylation sites (tertiary alicyclic amines) is 1. The number of carboxylic acids is 1. The molecule has 32 heavy (non-hydrogen) atoms. The molecular formula is C25H34N2O5. The van der Waals surface area contributed by atoms with Crippen molar-refractivity contribution in [1.82, 2.24) is 10.2 Å². The minimum Gasteiger partial charge on any atom is -0.504 e. The van der Waals surface area contributed by atoms with Gasteiger partial charge in [0.1, 0.15) is 11.9 Å². The maximum absolute atomic E-state index is 10.9. The highest BCUT2D eigenvalue weighted by Gasteiger charge is 2.66. The van der Waals surface area contributed by atoms with Crippen LogP contribution in [0.1, 0.15) is 56.1 Å². The zero-order valence-electron chi connectivity index (χ0n) is 18.8. The molecule has 0 unspecified atom stereocenters. The fourth-order valence-corrected chi connectivity index (χ4v) is 7.45. The van der Waals surface area contributed by atoms with Gasteiger partial charge in [-0.05, 0) is 69.9 Å². The van der Waals surface area contributed by atoms with Gasteiger partial charge in [-0.2, -0.15) is 0 Å². The molecule has 2 saturated carbocycles. The van der Waals surface area contributed by atoms with Crippen LogP contribution in [0, 0.1) is 11.8 Å². The maximum atomic E-state index is 10.9. The molecule has 3 fully saturated rings. The van der Waals surface area contributed by atoms with Crippen LogP contribution in [0.5, 0.6) is 17.2 Å². The number of rotatable bonds is 8. The zero-order valence-corrected chi connectivity index (χ0v) is 18.8. The van der Waals surface area contributed by atoms with Gasteiger partial charge in [0, 0.05) is 47.7 Å². The Bertz CT molecular complexity index is 931. The van der Waals surface area contributed by atoms with Gasteiger partial charge in [0.2, 0.25) is 0 Å². The number of piperidine rings is 1. The van der Waals surface area contributed by atoms with Crippen molar-refractivity contribution < 1.29 is 24.5 Å². The molecule has 0 radical (unpaired) electrons. The monoisotopic (exact) mass is 442 g/mol. The molecule has 0 amide bonds. The molecule has 5 aliphatic rings. The molecule has 3 N–H and O–H groups in total. The molecule has 5 atom stereocenters. The second-order valence-electron chi connectivity index (χ2n) is 10.6. The van der Waals surface area contributed by atoms with Crippen molar-refractivity contribution in [2.24, 2.45) is 11.8 Å². The second kappa shape index (κ2) is 7.52. The van der Waals surface area contributed by atoms with Crippen LogP contribution in [0.4, 0.5) is 0 Å². The van der Waals surface area contributed by atoms with Crippen molar-refractivity contribution in [3.05, 3.63) is 17.2 Å². The Morgan fingerprint density at radius 1 is 1.34 bits per heavy atom. The molecule has 2 aliphatic heterocycles. The lowest BCUT2D eigenvalue weighted by Crippen LogP contribution is -2.68. The summed E-state index contributed by atoms with van der Waals surface area (Å²) < 4.78 is 12.4.